The molecule has 19 heavy (non-hydrogen) atoms. The van der Waals surface area contributed by atoms with Crippen LogP contribution in [0, 0.1) is 6.92 Å². The molecular formula is C16H20N2O. The van der Waals surface area contributed by atoms with Crippen molar-refractivity contribution in [1.82, 2.24) is 9.78 Å². The van der Waals surface area contributed by atoms with Crippen molar-refractivity contribution in [1.29, 1.82) is 0 Å². The van der Waals surface area contributed by atoms with Crippen molar-refractivity contribution in [3.8, 4) is 0 Å². The van der Waals surface area contributed by atoms with Crippen molar-refractivity contribution in [3.05, 3.63) is 52.8 Å². The Bertz CT molecular complexity index is 584. The molecule has 1 saturated carbocycles. The first-order valence-corrected chi connectivity index (χ1v) is 6.94. The third kappa shape index (κ3) is 2.19. The Labute approximate surface area is 113 Å². The van der Waals surface area contributed by atoms with Gasteiger partial charge in [-0.2, -0.15) is 5.10 Å². The van der Waals surface area contributed by atoms with Gasteiger partial charge >= 0.3 is 0 Å². The van der Waals surface area contributed by atoms with Crippen molar-refractivity contribution in [2.45, 2.75) is 38.2 Å². The highest BCUT2D eigenvalue weighted by Crippen LogP contribution is 2.40. The summed E-state index contributed by atoms with van der Waals surface area (Å²) < 4.78 is 1.76. The molecule has 3 nitrogen and oxygen atoms in total. The van der Waals surface area contributed by atoms with Crippen LogP contribution in [0.3, 0.4) is 0 Å². The summed E-state index contributed by atoms with van der Waals surface area (Å²) in [7, 11) is 1.89. The monoisotopic (exact) mass is 256 g/mol. The summed E-state index contributed by atoms with van der Waals surface area (Å²) in [6.45, 7) is 1.95. The second-order valence-corrected chi connectivity index (χ2v) is 5.50. The summed E-state index contributed by atoms with van der Waals surface area (Å²) in [5, 5.41) is 15.0. The average Bonchev–Trinajstić information content (AvgIpc) is 2.66. The summed E-state index contributed by atoms with van der Waals surface area (Å²) in [5.41, 5.74) is 4.17. The van der Waals surface area contributed by atoms with Crippen molar-refractivity contribution in [3.63, 3.8) is 0 Å². The van der Waals surface area contributed by atoms with Gasteiger partial charge < -0.3 is 5.11 Å². The van der Waals surface area contributed by atoms with Crippen molar-refractivity contribution in [2.75, 3.05) is 0 Å². The minimum atomic E-state index is -0.564. The predicted molar refractivity (Wildman–Crippen MR) is 75.0 cm³/mol. The van der Waals surface area contributed by atoms with E-state index in [9.17, 15) is 5.11 Å². The molecule has 1 heterocycles. The van der Waals surface area contributed by atoms with Gasteiger partial charge in [-0.15, -0.1) is 0 Å². The van der Waals surface area contributed by atoms with E-state index in [1.807, 2.05) is 32.3 Å². The topological polar surface area (TPSA) is 38.0 Å². The van der Waals surface area contributed by atoms with Gasteiger partial charge in [0.15, 0.2) is 0 Å². The fraction of sp³-hybridized carbons (Fsp3) is 0.438. The maximum Gasteiger partial charge on any atom is 0.108 e. The van der Waals surface area contributed by atoms with Crippen LogP contribution in [0.5, 0.6) is 0 Å². The largest absolute Gasteiger partial charge is 0.384 e. The average molecular weight is 256 g/mol. The molecule has 100 valence electrons. The molecule has 0 amide bonds. The number of aliphatic hydroxyl groups excluding tert-OH is 1. The zero-order valence-corrected chi connectivity index (χ0v) is 11.5. The molecule has 0 radical (unpaired) electrons. The van der Waals surface area contributed by atoms with Gasteiger partial charge in [0.05, 0.1) is 5.69 Å². The molecule has 3 heteroatoms. The standard InChI is InChI=1S/C16H20N2O/c1-11-15(10-18(2)17-11)16(19)14-9-4-3-8-13(14)12-6-5-7-12/h3-4,8-10,12,16,19H,5-7H2,1-2H3. The second-order valence-electron chi connectivity index (χ2n) is 5.50. The van der Waals surface area contributed by atoms with E-state index in [1.54, 1.807) is 4.68 Å². The van der Waals surface area contributed by atoms with Crippen LogP contribution in [0.4, 0.5) is 0 Å². The third-order valence-electron chi connectivity index (χ3n) is 4.18. The number of aliphatic hydroxyl groups is 1. The predicted octanol–water partition coefficient (Wildman–Crippen LogP) is 3.08. The lowest BCUT2D eigenvalue weighted by Crippen LogP contribution is -2.13. The van der Waals surface area contributed by atoms with Crippen LogP contribution in [0.25, 0.3) is 0 Å². The molecule has 1 N–H and O–H groups in total. The van der Waals surface area contributed by atoms with Crippen LogP contribution in [-0.2, 0) is 7.05 Å². The first-order valence-electron chi connectivity index (χ1n) is 6.94. The van der Waals surface area contributed by atoms with Gasteiger partial charge in [0, 0.05) is 18.8 Å². The molecule has 1 unspecified atom stereocenters. The van der Waals surface area contributed by atoms with Crippen LogP contribution >= 0.6 is 0 Å². The first kappa shape index (κ1) is 12.4. The highest BCUT2D eigenvalue weighted by molar-refractivity contribution is 5.39. The Balaban J connectivity index is 1.99. The van der Waals surface area contributed by atoms with E-state index in [2.05, 4.69) is 17.2 Å². The van der Waals surface area contributed by atoms with Crippen LogP contribution < -0.4 is 0 Å². The van der Waals surface area contributed by atoms with E-state index in [-0.39, 0.29) is 0 Å². The Kier molecular flexibility index (Phi) is 3.15. The lowest BCUT2D eigenvalue weighted by molar-refractivity contribution is 0.216. The number of benzene rings is 1. The third-order valence-corrected chi connectivity index (χ3v) is 4.18. The molecule has 0 saturated heterocycles. The quantitative estimate of drug-likeness (QED) is 0.916. The maximum absolute atomic E-state index is 10.7. The summed E-state index contributed by atoms with van der Waals surface area (Å²) in [6, 6.07) is 8.28. The minimum absolute atomic E-state index is 0.564. The first-order chi connectivity index (χ1) is 9.16. The molecular weight excluding hydrogens is 236 g/mol. The smallest absolute Gasteiger partial charge is 0.108 e. The normalized spacial score (nSPS) is 17.2. The lowest BCUT2D eigenvalue weighted by Gasteiger charge is -2.29. The van der Waals surface area contributed by atoms with Crippen molar-refractivity contribution < 1.29 is 5.11 Å². The van der Waals surface area contributed by atoms with E-state index in [1.165, 1.54) is 24.8 Å². The molecule has 1 aliphatic carbocycles. The molecule has 1 atom stereocenters. The van der Waals surface area contributed by atoms with E-state index in [0.717, 1.165) is 16.8 Å². The Morgan fingerprint density at radius 3 is 2.58 bits per heavy atom. The summed E-state index contributed by atoms with van der Waals surface area (Å²) >= 11 is 0. The molecule has 0 spiro atoms. The molecule has 1 aromatic carbocycles. The van der Waals surface area contributed by atoms with Gasteiger partial charge in [0.1, 0.15) is 6.10 Å². The maximum atomic E-state index is 10.7. The number of rotatable bonds is 3. The second kappa shape index (κ2) is 4.82. The minimum Gasteiger partial charge on any atom is -0.384 e. The van der Waals surface area contributed by atoms with Crippen LogP contribution in [0.1, 0.15) is 53.7 Å². The fourth-order valence-corrected chi connectivity index (χ4v) is 2.90. The zero-order valence-electron chi connectivity index (χ0n) is 11.5. The summed E-state index contributed by atoms with van der Waals surface area (Å²) in [4.78, 5) is 0. The van der Waals surface area contributed by atoms with Gasteiger partial charge in [0.2, 0.25) is 0 Å². The molecule has 2 aromatic rings. The molecule has 0 aliphatic heterocycles. The number of aryl methyl sites for hydroxylation is 2. The van der Waals surface area contributed by atoms with Crippen LogP contribution in [0.15, 0.2) is 30.5 Å². The van der Waals surface area contributed by atoms with Gasteiger partial charge in [-0.1, -0.05) is 30.7 Å². The van der Waals surface area contributed by atoms with Crippen LogP contribution in [-0.4, -0.2) is 14.9 Å². The number of nitrogens with zero attached hydrogens (tertiary/aromatic N) is 2. The molecule has 3 rings (SSSR count). The van der Waals surface area contributed by atoms with E-state index in [4.69, 9.17) is 0 Å². The Morgan fingerprint density at radius 2 is 2.00 bits per heavy atom. The molecule has 1 fully saturated rings. The van der Waals surface area contributed by atoms with Gasteiger partial charge in [-0.25, -0.2) is 0 Å². The van der Waals surface area contributed by atoms with Gasteiger partial charge in [-0.05, 0) is 36.8 Å². The Hall–Kier alpha value is -1.61. The van der Waals surface area contributed by atoms with Gasteiger partial charge in [0.25, 0.3) is 0 Å². The number of aromatic nitrogens is 2. The number of hydrogen-bond acceptors (Lipinski definition) is 2. The lowest BCUT2D eigenvalue weighted by atomic mass is 9.77. The van der Waals surface area contributed by atoms with Gasteiger partial charge in [-0.3, -0.25) is 4.68 Å². The highest BCUT2D eigenvalue weighted by Gasteiger charge is 2.25. The number of hydrogen-bond donors (Lipinski definition) is 1. The summed E-state index contributed by atoms with van der Waals surface area (Å²) in [5.74, 6) is 0.628. The van der Waals surface area contributed by atoms with Crippen molar-refractivity contribution in [2.24, 2.45) is 7.05 Å². The van der Waals surface area contributed by atoms with E-state index in [0.29, 0.717) is 5.92 Å². The molecule has 0 bridgehead atoms. The zero-order chi connectivity index (χ0) is 13.4. The highest BCUT2D eigenvalue weighted by atomic mass is 16.3. The van der Waals surface area contributed by atoms with Crippen LogP contribution in [0.2, 0.25) is 0 Å². The SMILES string of the molecule is Cc1nn(C)cc1C(O)c1ccccc1C1CCC1. The van der Waals surface area contributed by atoms with E-state index >= 15 is 0 Å². The van der Waals surface area contributed by atoms with Crippen molar-refractivity contribution >= 4 is 0 Å². The summed E-state index contributed by atoms with van der Waals surface area (Å²) in [6.07, 6.45) is 5.15. The molecule has 1 aromatic heterocycles. The molecule has 1 aliphatic rings. The van der Waals surface area contributed by atoms with E-state index < -0.39 is 6.10 Å². The Morgan fingerprint density at radius 1 is 1.26 bits per heavy atom. The fourth-order valence-electron chi connectivity index (χ4n) is 2.90.